The van der Waals surface area contributed by atoms with Crippen LogP contribution in [0.2, 0.25) is 10.0 Å². The zero-order valence-electron chi connectivity index (χ0n) is 11.1. The van der Waals surface area contributed by atoms with Crippen LogP contribution in [0.15, 0.2) is 42.5 Å². The first-order chi connectivity index (χ1) is 9.13. The summed E-state index contributed by atoms with van der Waals surface area (Å²) < 4.78 is 0. The van der Waals surface area contributed by atoms with Gasteiger partial charge in [0, 0.05) is 16.1 Å². The van der Waals surface area contributed by atoms with E-state index in [4.69, 9.17) is 23.2 Å². The minimum absolute atomic E-state index is 0.207. The van der Waals surface area contributed by atoms with Gasteiger partial charge < -0.3 is 5.32 Å². The van der Waals surface area contributed by atoms with Crippen LogP contribution in [0.5, 0.6) is 0 Å². The third kappa shape index (κ3) is 3.30. The Kier molecular flexibility index (Phi) is 4.87. The highest BCUT2D eigenvalue weighted by Crippen LogP contribution is 2.30. The molecule has 0 amide bonds. The lowest BCUT2D eigenvalue weighted by Gasteiger charge is -2.20. The molecule has 0 fully saturated rings. The van der Waals surface area contributed by atoms with Crippen LogP contribution in [0, 0.1) is 6.92 Å². The van der Waals surface area contributed by atoms with Crippen LogP contribution in [-0.2, 0) is 6.42 Å². The lowest BCUT2D eigenvalue weighted by atomic mass is 9.95. The van der Waals surface area contributed by atoms with Crippen molar-refractivity contribution in [3.8, 4) is 0 Å². The molecule has 0 spiro atoms. The molecule has 0 saturated carbocycles. The van der Waals surface area contributed by atoms with Gasteiger partial charge in [0.2, 0.25) is 0 Å². The van der Waals surface area contributed by atoms with Crippen LogP contribution in [0.25, 0.3) is 0 Å². The van der Waals surface area contributed by atoms with E-state index in [9.17, 15) is 0 Å². The van der Waals surface area contributed by atoms with Gasteiger partial charge in [-0.25, -0.2) is 0 Å². The Morgan fingerprint density at radius 1 is 1.00 bits per heavy atom. The Morgan fingerprint density at radius 2 is 1.63 bits per heavy atom. The second-order valence-corrected chi connectivity index (χ2v) is 5.42. The fourth-order valence-corrected chi connectivity index (χ4v) is 2.83. The highest BCUT2D eigenvalue weighted by Gasteiger charge is 2.15. The fourth-order valence-electron chi connectivity index (χ4n) is 2.28. The summed E-state index contributed by atoms with van der Waals surface area (Å²) in [6.07, 6.45) is 0.778. The van der Waals surface area contributed by atoms with Crippen molar-refractivity contribution in [1.29, 1.82) is 0 Å². The van der Waals surface area contributed by atoms with Crippen molar-refractivity contribution < 1.29 is 0 Å². The summed E-state index contributed by atoms with van der Waals surface area (Å²) in [5.41, 5.74) is 3.54. The third-order valence-electron chi connectivity index (χ3n) is 3.38. The molecule has 0 aliphatic carbocycles. The Hall–Kier alpha value is -1.02. The maximum absolute atomic E-state index is 6.25. The summed E-state index contributed by atoms with van der Waals surface area (Å²) in [5.74, 6) is 0. The third-order valence-corrected chi connectivity index (χ3v) is 4.09. The van der Waals surface area contributed by atoms with Gasteiger partial charge in [-0.3, -0.25) is 0 Å². The summed E-state index contributed by atoms with van der Waals surface area (Å²) in [7, 11) is 1.96. The summed E-state index contributed by atoms with van der Waals surface area (Å²) >= 11 is 12.5. The van der Waals surface area contributed by atoms with Gasteiger partial charge in [-0.2, -0.15) is 0 Å². The topological polar surface area (TPSA) is 12.0 Å². The molecule has 1 N–H and O–H groups in total. The Morgan fingerprint density at radius 3 is 2.21 bits per heavy atom. The number of hydrogen-bond acceptors (Lipinski definition) is 1. The molecule has 19 heavy (non-hydrogen) atoms. The maximum Gasteiger partial charge on any atom is 0.0453 e. The molecule has 3 heteroatoms. The van der Waals surface area contributed by atoms with E-state index in [0.717, 1.165) is 22.0 Å². The molecule has 100 valence electrons. The molecule has 0 aliphatic heterocycles. The molecule has 2 rings (SSSR count). The normalized spacial score (nSPS) is 12.4. The minimum Gasteiger partial charge on any atom is -0.313 e. The molecule has 1 nitrogen and oxygen atoms in total. The van der Waals surface area contributed by atoms with Gasteiger partial charge in [0.05, 0.1) is 0 Å². The monoisotopic (exact) mass is 293 g/mol. The first-order valence-electron chi connectivity index (χ1n) is 6.29. The predicted molar refractivity (Wildman–Crippen MR) is 83.1 cm³/mol. The van der Waals surface area contributed by atoms with E-state index < -0.39 is 0 Å². The summed E-state index contributed by atoms with van der Waals surface area (Å²) in [6.45, 7) is 2.12. The standard InChI is InChI=1S/C16H17Cl2N/c1-11-6-3-4-7-12(11)16(19-2)10-13-14(17)8-5-9-15(13)18/h3-9,16,19H,10H2,1-2H3. The van der Waals surface area contributed by atoms with Crippen LogP contribution >= 0.6 is 23.2 Å². The summed E-state index contributed by atoms with van der Waals surface area (Å²) in [6, 6.07) is 14.2. The van der Waals surface area contributed by atoms with Crippen LogP contribution in [-0.4, -0.2) is 7.05 Å². The minimum atomic E-state index is 0.207. The number of aryl methyl sites for hydroxylation is 1. The average Bonchev–Trinajstić information content (AvgIpc) is 2.40. The number of hydrogen-bond donors (Lipinski definition) is 1. The predicted octanol–water partition coefficient (Wildman–Crippen LogP) is 4.81. The van der Waals surface area contributed by atoms with E-state index in [-0.39, 0.29) is 6.04 Å². The average molecular weight is 294 g/mol. The molecule has 0 aromatic heterocycles. The van der Waals surface area contributed by atoms with Crippen LogP contribution < -0.4 is 5.32 Å². The van der Waals surface area contributed by atoms with Crippen molar-refractivity contribution in [2.75, 3.05) is 7.05 Å². The SMILES string of the molecule is CNC(Cc1c(Cl)cccc1Cl)c1ccccc1C. The summed E-state index contributed by atoms with van der Waals surface area (Å²) in [4.78, 5) is 0. The number of rotatable bonds is 4. The molecular weight excluding hydrogens is 277 g/mol. The largest absolute Gasteiger partial charge is 0.313 e. The van der Waals surface area contributed by atoms with Gasteiger partial charge in [0.1, 0.15) is 0 Å². The molecule has 1 atom stereocenters. The van der Waals surface area contributed by atoms with E-state index in [1.54, 1.807) is 0 Å². The smallest absolute Gasteiger partial charge is 0.0453 e. The van der Waals surface area contributed by atoms with Crippen molar-refractivity contribution in [2.45, 2.75) is 19.4 Å². The first-order valence-corrected chi connectivity index (χ1v) is 7.04. The molecule has 0 heterocycles. The van der Waals surface area contributed by atoms with E-state index >= 15 is 0 Å². The first kappa shape index (κ1) is 14.4. The quantitative estimate of drug-likeness (QED) is 0.853. The van der Waals surface area contributed by atoms with Gasteiger partial charge >= 0.3 is 0 Å². The lowest BCUT2D eigenvalue weighted by Crippen LogP contribution is -2.20. The molecular formula is C16H17Cl2N. The van der Waals surface area contributed by atoms with Gasteiger partial charge in [-0.1, -0.05) is 53.5 Å². The molecule has 2 aromatic carbocycles. The van der Waals surface area contributed by atoms with E-state index in [1.807, 2.05) is 31.3 Å². The van der Waals surface area contributed by atoms with Crippen molar-refractivity contribution in [3.05, 3.63) is 69.2 Å². The molecule has 0 saturated heterocycles. The summed E-state index contributed by atoms with van der Waals surface area (Å²) in [5, 5.41) is 4.79. The fraction of sp³-hybridized carbons (Fsp3) is 0.250. The molecule has 1 unspecified atom stereocenters. The molecule has 2 aromatic rings. The lowest BCUT2D eigenvalue weighted by molar-refractivity contribution is 0.589. The van der Waals surface area contributed by atoms with Gasteiger partial charge in [0.15, 0.2) is 0 Å². The van der Waals surface area contributed by atoms with Gasteiger partial charge in [0.25, 0.3) is 0 Å². The van der Waals surface area contributed by atoms with Crippen LogP contribution in [0.1, 0.15) is 22.7 Å². The number of likely N-dealkylation sites (N-methyl/N-ethyl adjacent to an activating group) is 1. The zero-order chi connectivity index (χ0) is 13.8. The van der Waals surface area contributed by atoms with E-state index in [0.29, 0.717) is 0 Å². The van der Waals surface area contributed by atoms with Crippen molar-refractivity contribution in [2.24, 2.45) is 0 Å². The van der Waals surface area contributed by atoms with Crippen molar-refractivity contribution in [3.63, 3.8) is 0 Å². The van der Waals surface area contributed by atoms with Crippen molar-refractivity contribution >= 4 is 23.2 Å². The van der Waals surface area contributed by atoms with Crippen LogP contribution in [0.3, 0.4) is 0 Å². The number of benzene rings is 2. The number of halogens is 2. The van der Waals surface area contributed by atoms with Gasteiger partial charge in [-0.05, 0) is 49.2 Å². The maximum atomic E-state index is 6.25. The second kappa shape index (κ2) is 6.42. The molecule has 0 radical (unpaired) electrons. The Labute approximate surface area is 124 Å². The Balaban J connectivity index is 2.32. The second-order valence-electron chi connectivity index (χ2n) is 4.60. The van der Waals surface area contributed by atoms with Crippen molar-refractivity contribution in [1.82, 2.24) is 5.32 Å². The highest BCUT2D eigenvalue weighted by molar-refractivity contribution is 6.36. The zero-order valence-corrected chi connectivity index (χ0v) is 12.6. The molecule has 0 aliphatic rings. The van der Waals surface area contributed by atoms with Gasteiger partial charge in [-0.15, -0.1) is 0 Å². The Bertz CT molecular complexity index is 546. The molecule has 0 bridgehead atoms. The number of nitrogens with one attached hydrogen (secondary N) is 1. The highest BCUT2D eigenvalue weighted by atomic mass is 35.5. The van der Waals surface area contributed by atoms with Crippen LogP contribution in [0.4, 0.5) is 0 Å². The van der Waals surface area contributed by atoms with E-state index in [1.165, 1.54) is 11.1 Å². The van der Waals surface area contributed by atoms with E-state index in [2.05, 4.69) is 30.4 Å².